The summed E-state index contributed by atoms with van der Waals surface area (Å²) in [6.07, 6.45) is 4.97. The second-order valence-electron chi connectivity index (χ2n) is 13.5. The van der Waals surface area contributed by atoms with Crippen LogP contribution in [0, 0.1) is 0 Å². The second kappa shape index (κ2) is 16.2. The van der Waals surface area contributed by atoms with Crippen molar-refractivity contribution in [2.45, 2.75) is 105 Å². The van der Waals surface area contributed by atoms with Crippen molar-refractivity contribution in [3.05, 3.63) is 52.8 Å². The molecule has 47 heavy (non-hydrogen) atoms. The van der Waals surface area contributed by atoms with E-state index >= 15 is 0 Å². The van der Waals surface area contributed by atoms with Crippen molar-refractivity contribution in [1.29, 1.82) is 0 Å². The van der Waals surface area contributed by atoms with Crippen LogP contribution in [0.25, 0.3) is 22.4 Å². The first-order valence-electron chi connectivity index (χ1n) is 17.3. The Labute approximate surface area is 280 Å². The zero-order valence-corrected chi connectivity index (χ0v) is 29.6. The van der Waals surface area contributed by atoms with Gasteiger partial charge in [0.25, 0.3) is 5.91 Å². The highest BCUT2D eigenvalue weighted by Crippen LogP contribution is 2.44. The largest absolute Gasteiger partial charge is 0.493 e. The topological polar surface area (TPSA) is 103 Å². The Balaban J connectivity index is 1.82. The number of nitrogens with zero attached hydrogens (tertiary/aromatic N) is 2. The van der Waals surface area contributed by atoms with Gasteiger partial charge in [-0.05, 0) is 87.6 Å². The average molecular weight is 648 g/mol. The second-order valence-corrected chi connectivity index (χ2v) is 13.5. The third kappa shape index (κ3) is 9.08. The van der Waals surface area contributed by atoms with Crippen molar-refractivity contribution in [2.24, 2.45) is 0 Å². The molecule has 1 aliphatic heterocycles. The Hall–Kier alpha value is -4.01. The molecule has 2 amide bonds. The standard InChI is InChI=1S/C38H53N3O6/c1-9-12-20-44-31-24-32(45-21-13-10-2)30(23-29(31)25(4)5)34-33(35(47-40-34)36(42)39-11-3)28-15-14-26-16-18-41(19-17-27(26)22-28)37(43)46-38(6,7)8/h14-15,22-25H,9-13,16-21H2,1-8H3,(H,39,42). The molecule has 1 aromatic heterocycles. The van der Waals surface area contributed by atoms with E-state index in [1.807, 2.05) is 39.8 Å². The Morgan fingerprint density at radius 2 is 1.60 bits per heavy atom. The Kier molecular flexibility index (Phi) is 12.4. The van der Waals surface area contributed by atoms with Crippen LogP contribution in [0.3, 0.4) is 0 Å². The summed E-state index contributed by atoms with van der Waals surface area (Å²) in [5.74, 6) is 1.45. The number of rotatable bonds is 13. The van der Waals surface area contributed by atoms with Crippen LogP contribution < -0.4 is 14.8 Å². The highest BCUT2D eigenvalue weighted by Gasteiger charge is 2.29. The maximum Gasteiger partial charge on any atom is 0.410 e. The van der Waals surface area contributed by atoms with E-state index in [1.165, 1.54) is 0 Å². The Morgan fingerprint density at radius 3 is 2.21 bits per heavy atom. The lowest BCUT2D eigenvalue weighted by Crippen LogP contribution is -2.38. The minimum Gasteiger partial charge on any atom is -0.493 e. The normalized spacial score (nSPS) is 13.3. The maximum atomic E-state index is 13.4. The molecule has 0 atom stereocenters. The predicted molar refractivity (Wildman–Crippen MR) is 185 cm³/mol. The van der Waals surface area contributed by atoms with E-state index in [0.29, 0.717) is 62.7 Å². The fourth-order valence-corrected chi connectivity index (χ4v) is 5.64. The minimum atomic E-state index is -0.558. The number of carbonyl (C=O) groups is 2. The number of fused-ring (bicyclic) bond motifs is 1. The number of ether oxygens (including phenoxy) is 3. The van der Waals surface area contributed by atoms with Crippen LogP contribution in [0.1, 0.15) is 114 Å². The van der Waals surface area contributed by atoms with Crippen molar-refractivity contribution in [3.8, 4) is 33.9 Å². The van der Waals surface area contributed by atoms with Crippen LogP contribution >= 0.6 is 0 Å². The summed E-state index contributed by atoms with van der Waals surface area (Å²) in [5.41, 5.74) is 5.50. The number of aromatic nitrogens is 1. The van der Waals surface area contributed by atoms with E-state index in [4.69, 9.17) is 18.7 Å². The molecular weight excluding hydrogens is 594 g/mol. The average Bonchev–Trinajstić information content (AvgIpc) is 3.34. The number of hydrogen-bond donors (Lipinski definition) is 1. The van der Waals surface area contributed by atoms with Crippen molar-refractivity contribution in [1.82, 2.24) is 15.4 Å². The minimum absolute atomic E-state index is 0.152. The zero-order valence-electron chi connectivity index (χ0n) is 29.6. The van der Waals surface area contributed by atoms with Crippen LogP contribution in [0.5, 0.6) is 11.5 Å². The molecule has 0 spiro atoms. The molecule has 1 aliphatic rings. The van der Waals surface area contributed by atoms with Crippen LogP contribution in [0.15, 0.2) is 34.9 Å². The van der Waals surface area contributed by atoms with Crippen LogP contribution in [-0.4, -0.2) is 60.5 Å². The molecule has 9 heteroatoms. The van der Waals surface area contributed by atoms with Gasteiger partial charge in [0, 0.05) is 31.3 Å². The lowest BCUT2D eigenvalue weighted by molar-refractivity contribution is 0.0258. The van der Waals surface area contributed by atoms with Gasteiger partial charge in [-0.25, -0.2) is 4.79 Å². The molecule has 256 valence electrons. The monoisotopic (exact) mass is 647 g/mol. The molecule has 0 unspecified atom stereocenters. The molecule has 2 heterocycles. The third-order valence-corrected chi connectivity index (χ3v) is 8.18. The summed E-state index contributed by atoms with van der Waals surface area (Å²) < 4.78 is 24.2. The first kappa shape index (κ1) is 35.8. The Morgan fingerprint density at radius 1 is 0.936 bits per heavy atom. The molecule has 4 rings (SSSR count). The van der Waals surface area contributed by atoms with E-state index in [9.17, 15) is 9.59 Å². The van der Waals surface area contributed by atoms with E-state index < -0.39 is 5.60 Å². The first-order chi connectivity index (χ1) is 22.5. The summed E-state index contributed by atoms with van der Waals surface area (Å²) in [7, 11) is 0. The number of benzene rings is 2. The molecule has 3 aromatic rings. The number of hydrogen-bond acceptors (Lipinski definition) is 7. The molecule has 2 aromatic carbocycles. The number of amides is 2. The highest BCUT2D eigenvalue weighted by molar-refractivity contribution is 6.02. The zero-order chi connectivity index (χ0) is 34.1. The summed E-state index contributed by atoms with van der Waals surface area (Å²) in [6.45, 7) is 18.8. The van der Waals surface area contributed by atoms with E-state index in [1.54, 1.807) is 4.90 Å². The molecule has 0 radical (unpaired) electrons. The van der Waals surface area contributed by atoms with Crippen molar-refractivity contribution in [2.75, 3.05) is 32.8 Å². The van der Waals surface area contributed by atoms with Gasteiger partial charge >= 0.3 is 6.09 Å². The van der Waals surface area contributed by atoms with Crippen molar-refractivity contribution < 1.29 is 28.3 Å². The van der Waals surface area contributed by atoms with Gasteiger partial charge in [0.1, 0.15) is 22.8 Å². The number of carbonyl (C=O) groups excluding carboxylic acids is 2. The van der Waals surface area contributed by atoms with Crippen LogP contribution in [0.4, 0.5) is 4.79 Å². The quantitative estimate of drug-likeness (QED) is 0.185. The highest BCUT2D eigenvalue weighted by atomic mass is 16.6. The Bertz CT molecular complexity index is 1520. The van der Waals surface area contributed by atoms with Gasteiger partial charge in [-0.3, -0.25) is 4.79 Å². The third-order valence-electron chi connectivity index (χ3n) is 8.18. The summed E-state index contributed by atoms with van der Waals surface area (Å²) >= 11 is 0. The van der Waals surface area contributed by atoms with Crippen molar-refractivity contribution in [3.63, 3.8) is 0 Å². The van der Waals surface area contributed by atoms with Crippen molar-refractivity contribution >= 4 is 12.0 Å². The predicted octanol–water partition coefficient (Wildman–Crippen LogP) is 8.58. The number of unbranched alkanes of at least 4 members (excludes halogenated alkanes) is 2. The lowest BCUT2D eigenvalue weighted by atomic mass is 9.91. The summed E-state index contributed by atoms with van der Waals surface area (Å²) in [6, 6.07) is 10.3. The number of nitrogens with one attached hydrogen (secondary N) is 1. The van der Waals surface area contributed by atoms with E-state index in [2.05, 4.69) is 56.4 Å². The lowest BCUT2D eigenvalue weighted by Gasteiger charge is -2.26. The molecule has 0 saturated heterocycles. The van der Waals surface area contributed by atoms with Crippen LogP contribution in [0.2, 0.25) is 0 Å². The molecule has 0 bridgehead atoms. The summed E-state index contributed by atoms with van der Waals surface area (Å²) in [5, 5.41) is 7.42. The van der Waals surface area contributed by atoms with Gasteiger partial charge in [-0.15, -0.1) is 0 Å². The SMILES string of the molecule is CCCCOc1cc(OCCCC)c(C(C)C)cc1-c1noc(C(=O)NCC)c1-c1ccc2c(c1)CCN(C(=O)OC(C)(C)C)CC2. The van der Waals surface area contributed by atoms with Gasteiger partial charge in [-0.2, -0.15) is 0 Å². The molecule has 0 fully saturated rings. The first-order valence-corrected chi connectivity index (χ1v) is 17.3. The molecule has 0 saturated carbocycles. The van der Waals surface area contributed by atoms with E-state index in [-0.39, 0.29) is 23.7 Å². The fourth-order valence-electron chi connectivity index (χ4n) is 5.64. The van der Waals surface area contributed by atoms with Gasteiger partial charge in [0.05, 0.1) is 18.8 Å². The van der Waals surface area contributed by atoms with Gasteiger partial charge < -0.3 is 29.0 Å². The fraction of sp³-hybridized carbons (Fsp3) is 0.553. The van der Waals surface area contributed by atoms with Crippen LogP contribution in [-0.2, 0) is 17.6 Å². The van der Waals surface area contributed by atoms with Gasteiger partial charge in [-0.1, -0.05) is 63.9 Å². The van der Waals surface area contributed by atoms with Gasteiger partial charge in [0.2, 0.25) is 5.76 Å². The molecule has 0 aliphatic carbocycles. The smallest absolute Gasteiger partial charge is 0.410 e. The molecule has 1 N–H and O–H groups in total. The molecule has 9 nitrogen and oxygen atoms in total. The van der Waals surface area contributed by atoms with E-state index in [0.717, 1.165) is 59.3 Å². The maximum absolute atomic E-state index is 13.4. The van der Waals surface area contributed by atoms with Gasteiger partial charge in [0.15, 0.2) is 0 Å². The molecular formula is C38H53N3O6. The summed E-state index contributed by atoms with van der Waals surface area (Å²) in [4.78, 5) is 28.0.